The molecular weight excluding hydrogens is 514 g/mol. The molecule has 4 unspecified atom stereocenters. The molecule has 41 heavy (non-hydrogen) atoms. The Kier molecular flexibility index (Phi) is 12.4. The minimum absolute atomic E-state index is 0.188. The Hall–Kier alpha value is -3.35. The minimum atomic E-state index is -0.906. The third kappa shape index (κ3) is 10.2. The molecule has 2 rings (SSSR count). The number of ether oxygens (including phenoxy) is 1. The van der Waals surface area contributed by atoms with Crippen molar-refractivity contribution < 1.29 is 19.1 Å². The first-order valence-corrected chi connectivity index (χ1v) is 14.9. The fourth-order valence-electron chi connectivity index (χ4n) is 4.78. The van der Waals surface area contributed by atoms with Crippen LogP contribution < -0.4 is 10.6 Å². The van der Waals surface area contributed by atoms with Crippen molar-refractivity contribution in [3.63, 3.8) is 0 Å². The Morgan fingerprint density at radius 1 is 0.927 bits per heavy atom. The first-order valence-electron chi connectivity index (χ1n) is 14.9. The third-order valence-electron chi connectivity index (χ3n) is 7.33. The second kappa shape index (κ2) is 15.0. The standard InChI is InChI=1S/C34H51N3O4/c1-11-24(5)29(36-33(40)41-34(8,9)10)32(39)37(26(7)20-19-22(2)3)30(27-17-14-15-23(4)21-27)31(38)35-28-18-13-12-16-25(28)6/h12-18,21-22,24,26,29-30H,11,19-20H2,1-10H3,(H,35,38)(H,36,40). The van der Waals surface area contributed by atoms with Crippen LogP contribution in [0.2, 0.25) is 0 Å². The molecule has 4 atom stereocenters. The maximum Gasteiger partial charge on any atom is 0.408 e. The summed E-state index contributed by atoms with van der Waals surface area (Å²) >= 11 is 0. The Bertz CT molecular complexity index is 1170. The average molecular weight is 566 g/mol. The lowest BCUT2D eigenvalue weighted by Gasteiger charge is -2.40. The van der Waals surface area contributed by atoms with Crippen molar-refractivity contribution in [1.29, 1.82) is 0 Å². The lowest BCUT2D eigenvalue weighted by Crippen LogP contribution is -2.57. The van der Waals surface area contributed by atoms with Gasteiger partial charge in [-0.3, -0.25) is 9.59 Å². The van der Waals surface area contributed by atoms with E-state index in [0.29, 0.717) is 24.4 Å². The van der Waals surface area contributed by atoms with E-state index in [9.17, 15) is 14.4 Å². The summed E-state index contributed by atoms with van der Waals surface area (Å²) in [4.78, 5) is 43.5. The molecule has 0 aliphatic heterocycles. The summed E-state index contributed by atoms with van der Waals surface area (Å²) < 4.78 is 5.53. The normalized spacial score (nSPS) is 14.5. The zero-order valence-corrected chi connectivity index (χ0v) is 26.7. The SMILES string of the molecule is CCC(C)C(NC(=O)OC(C)(C)C)C(=O)N(C(C)CCC(C)C)C(C(=O)Nc1ccccc1C)c1cccc(C)c1. The van der Waals surface area contributed by atoms with Crippen LogP contribution in [0.15, 0.2) is 48.5 Å². The summed E-state index contributed by atoms with van der Waals surface area (Å²) in [6.45, 7) is 19.5. The number of rotatable bonds is 12. The van der Waals surface area contributed by atoms with Gasteiger partial charge in [0.1, 0.15) is 17.7 Å². The molecule has 0 heterocycles. The number of alkyl carbamates (subject to hydrolysis) is 1. The average Bonchev–Trinajstić information content (AvgIpc) is 2.88. The summed E-state index contributed by atoms with van der Waals surface area (Å²) in [6, 6.07) is 13.3. The van der Waals surface area contributed by atoms with Crippen LogP contribution in [0.4, 0.5) is 10.5 Å². The molecule has 0 spiro atoms. The van der Waals surface area contributed by atoms with Crippen molar-refractivity contribution in [1.82, 2.24) is 10.2 Å². The summed E-state index contributed by atoms with van der Waals surface area (Å²) in [5, 5.41) is 5.95. The maximum atomic E-state index is 14.6. The fourth-order valence-corrected chi connectivity index (χ4v) is 4.78. The number of hydrogen-bond donors (Lipinski definition) is 2. The smallest absolute Gasteiger partial charge is 0.408 e. The molecule has 0 saturated carbocycles. The first kappa shape index (κ1) is 33.9. The molecule has 3 amide bonds. The summed E-state index contributed by atoms with van der Waals surface area (Å²) in [6.07, 6.45) is 1.61. The van der Waals surface area contributed by atoms with Gasteiger partial charge in [0.2, 0.25) is 5.91 Å². The Balaban J connectivity index is 2.66. The number of anilines is 1. The number of aryl methyl sites for hydroxylation is 2. The topological polar surface area (TPSA) is 87.7 Å². The monoisotopic (exact) mass is 565 g/mol. The predicted molar refractivity (Wildman–Crippen MR) is 167 cm³/mol. The number of benzene rings is 2. The molecule has 7 nitrogen and oxygen atoms in total. The predicted octanol–water partition coefficient (Wildman–Crippen LogP) is 7.58. The molecular formula is C34H51N3O4. The van der Waals surface area contributed by atoms with E-state index in [4.69, 9.17) is 4.74 Å². The van der Waals surface area contributed by atoms with Gasteiger partial charge in [0.05, 0.1) is 0 Å². The maximum absolute atomic E-state index is 14.6. The Morgan fingerprint density at radius 2 is 1.59 bits per heavy atom. The van der Waals surface area contributed by atoms with Crippen LogP contribution >= 0.6 is 0 Å². The number of carbonyl (C=O) groups excluding carboxylic acids is 3. The van der Waals surface area contributed by atoms with Gasteiger partial charge in [-0.1, -0.05) is 82.1 Å². The molecule has 2 aromatic carbocycles. The van der Waals surface area contributed by atoms with Crippen LogP contribution in [0.25, 0.3) is 0 Å². The molecule has 0 fully saturated rings. The molecule has 0 aliphatic rings. The first-order chi connectivity index (χ1) is 19.1. The summed E-state index contributed by atoms with van der Waals surface area (Å²) in [5.74, 6) is -0.354. The Morgan fingerprint density at radius 3 is 2.15 bits per heavy atom. The largest absolute Gasteiger partial charge is 0.444 e. The van der Waals surface area contributed by atoms with Gasteiger partial charge in [-0.25, -0.2) is 4.79 Å². The van der Waals surface area contributed by atoms with Crippen LogP contribution in [0.5, 0.6) is 0 Å². The number of amides is 3. The van der Waals surface area contributed by atoms with Gasteiger partial charge in [0.15, 0.2) is 0 Å². The number of carbonyl (C=O) groups is 3. The lowest BCUT2D eigenvalue weighted by atomic mass is 9.93. The van der Waals surface area contributed by atoms with Gasteiger partial charge < -0.3 is 20.3 Å². The van der Waals surface area contributed by atoms with Crippen molar-refractivity contribution >= 4 is 23.6 Å². The van der Waals surface area contributed by atoms with Crippen LogP contribution in [0, 0.1) is 25.7 Å². The number of hydrogen-bond acceptors (Lipinski definition) is 4. The van der Waals surface area contributed by atoms with Gasteiger partial charge in [0, 0.05) is 11.7 Å². The number of para-hydroxylation sites is 1. The highest BCUT2D eigenvalue weighted by Crippen LogP contribution is 2.31. The zero-order chi connectivity index (χ0) is 30.9. The zero-order valence-electron chi connectivity index (χ0n) is 26.7. The van der Waals surface area contributed by atoms with E-state index < -0.39 is 23.8 Å². The van der Waals surface area contributed by atoms with E-state index in [-0.39, 0.29) is 23.8 Å². The highest BCUT2D eigenvalue weighted by molar-refractivity contribution is 5.99. The molecule has 0 bridgehead atoms. The van der Waals surface area contributed by atoms with Gasteiger partial charge >= 0.3 is 6.09 Å². The lowest BCUT2D eigenvalue weighted by molar-refractivity contribution is -0.144. The van der Waals surface area contributed by atoms with E-state index in [1.165, 1.54) is 0 Å². The molecule has 2 aromatic rings. The number of nitrogens with zero attached hydrogens (tertiary/aromatic N) is 1. The highest BCUT2D eigenvalue weighted by atomic mass is 16.6. The third-order valence-corrected chi connectivity index (χ3v) is 7.33. The molecule has 226 valence electrons. The molecule has 2 N–H and O–H groups in total. The van der Waals surface area contributed by atoms with Crippen molar-refractivity contribution in [3.8, 4) is 0 Å². The van der Waals surface area contributed by atoms with Crippen LogP contribution in [0.3, 0.4) is 0 Å². The molecule has 0 radical (unpaired) electrons. The highest BCUT2D eigenvalue weighted by Gasteiger charge is 2.40. The van der Waals surface area contributed by atoms with Crippen LogP contribution in [-0.4, -0.2) is 40.5 Å². The number of nitrogens with one attached hydrogen (secondary N) is 2. The van der Waals surface area contributed by atoms with Crippen LogP contribution in [0.1, 0.15) is 97.4 Å². The van der Waals surface area contributed by atoms with Crippen molar-refractivity contribution in [2.45, 2.75) is 112 Å². The fraction of sp³-hybridized carbons (Fsp3) is 0.559. The quantitative estimate of drug-likeness (QED) is 0.278. The van der Waals surface area contributed by atoms with Crippen molar-refractivity contribution in [2.75, 3.05) is 5.32 Å². The minimum Gasteiger partial charge on any atom is -0.444 e. The van der Waals surface area contributed by atoms with Crippen molar-refractivity contribution in [2.24, 2.45) is 11.8 Å². The molecule has 0 aromatic heterocycles. The van der Waals surface area contributed by atoms with E-state index in [0.717, 1.165) is 23.1 Å². The van der Waals surface area contributed by atoms with Gasteiger partial charge in [0.25, 0.3) is 5.91 Å². The second-order valence-corrected chi connectivity index (χ2v) is 12.7. The molecule has 0 aliphatic carbocycles. The van der Waals surface area contributed by atoms with E-state index in [2.05, 4.69) is 24.5 Å². The van der Waals surface area contributed by atoms with E-state index >= 15 is 0 Å². The molecule has 0 saturated heterocycles. The molecule has 7 heteroatoms. The van der Waals surface area contributed by atoms with Crippen molar-refractivity contribution in [3.05, 3.63) is 65.2 Å². The van der Waals surface area contributed by atoms with E-state index in [1.807, 2.05) is 83.1 Å². The van der Waals surface area contributed by atoms with E-state index in [1.54, 1.807) is 25.7 Å². The van der Waals surface area contributed by atoms with Gasteiger partial charge in [-0.05, 0) is 83.4 Å². The Labute approximate surface area is 247 Å². The van der Waals surface area contributed by atoms with Crippen LogP contribution in [-0.2, 0) is 14.3 Å². The van der Waals surface area contributed by atoms with Gasteiger partial charge in [-0.15, -0.1) is 0 Å². The summed E-state index contributed by atoms with van der Waals surface area (Å²) in [7, 11) is 0. The van der Waals surface area contributed by atoms with Gasteiger partial charge in [-0.2, -0.15) is 0 Å². The second-order valence-electron chi connectivity index (χ2n) is 12.7. The summed E-state index contributed by atoms with van der Waals surface area (Å²) in [5.41, 5.74) is 2.63.